The number of ketones is 1. The Morgan fingerprint density at radius 2 is 1.90 bits per heavy atom. The van der Waals surface area contributed by atoms with Crippen molar-refractivity contribution in [3.05, 3.63) is 40.5 Å². The third kappa shape index (κ3) is 3.72. The van der Waals surface area contributed by atoms with Crippen LogP contribution in [0, 0.1) is 0 Å². The Balaban J connectivity index is 1.72. The van der Waals surface area contributed by atoms with Crippen molar-refractivity contribution in [1.29, 1.82) is 0 Å². The number of amides is 1. The van der Waals surface area contributed by atoms with Gasteiger partial charge in [-0.25, -0.2) is 0 Å². The minimum Gasteiger partial charge on any atom is -0.400 e. The molecule has 2 aliphatic rings. The second-order valence-electron chi connectivity index (χ2n) is 9.28. The summed E-state index contributed by atoms with van der Waals surface area (Å²) in [5, 5.41) is 3.95. The van der Waals surface area contributed by atoms with Gasteiger partial charge < -0.3 is 19.6 Å². The molecule has 2 aromatic rings. The molecule has 30 heavy (non-hydrogen) atoms. The van der Waals surface area contributed by atoms with Crippen LogP contribution in [-0.2, 0) is 20.5 Å². The highest BCUT2D eigenvalue weighted by Crippen LogP contribution is 2.39. The number of H-pyrrole nitrogens is 1. The maximum Gasteiger partial charge on any atom is 0.492 e. The predicted octanol–water partition coefficient (Wildman–Crippen LogP) is 3.84. The van der Waals surface area contributed by atoms with Gasteiger partial charge in [0, 0.05) is 30.8 Å². The number of aromatic amines is 1. The quantitative estimate of drug-likeness (QED) is 0.754. The van der Waals surface area contributed by atoms with Gasteiger partial charge in [0.15, 0.2) is 5.78 Å². The van der Waals surface area contributed by atoms with Crippen molar-refractivity contribution in [2.24, 2.45) is 0 Å². The fourth-order valence-electron chi connectivity index (χ4n) is 4.04. The number of benzene rings is 1. The van der Waals surface area contributed by atoms with Crippen molar-refractivity contribution >= 4 is 35.8 Å². The summed E-state index contributed by atoms with van der Waals surface area (Å²) in [6, 6.07) is 6.11. The summed E-state index contributed by atoms with van der Waals surface area (Å²) < 4.78 is 12.4. The molecule has 1 aromatic heterocycles. The standard InChI is InChI=1S/C23H29BN2O4/c1-14(27)25-13-16(24-29-22(2,3)23(4,5)30-24)11-15-9-10-19-18(12-15)17-7-6-8-20(28)21(17)26-19/h9-12,26H,6-8,13H2,1-5H3,(H,25,27). The van der Waals surface area contributed by atoms with Crippen molar-refractivity contribution in [3.8, 4) is 0 Å². The van der Waals surface area contributed by atoms with E-state index in [9.17, 15) is 9.59 Å². The molecular weight excluding hydrogens is 379 g/mol. The van der Waals surface area contributed by atoms with Gasteiger partial charge in [0.1, 0.15) is 0 Å². The normalized spacial score (nSPS) is 20.5. The molecule has 1 aliphatic heterocycles. The summed E-state index contributed by atoms with van der Waals surface area (Å²) in [4.78, 5) is 27.1. The molecule has 0 radical (unpaired) electrons. The summed E-state index contributed by atoms with van der Waals surface area (Å²) in [5.41, 5.74) is 3.75. The molecule has 158 valence electrons. The first-order chi connectivity index (χ1) is 14.1. The Bertz CT molecular complexity index is 1030. The zero-order chi connectivity index (χ0) is 21.7. The van der Waals surface area contributed by atoms with E-state index in [4.69, 9.17) is 9.31 Å². The van der Waals surface area contributed by atoms with Gasteiger partial charge in [0.05, 0.1) is 16.9 Å². The number of fused-ring (bicyclic) bond motifs is 3. The van der Waals surface area contributed by atoms with Crippen molar-refractivity contribution in [3.63, 3.8) is 0 Å². The number of aromatic nitrogens is 1. The molecule has 7 heteroatoms. The van der Waals surface area contributed by atoms with Gasteiger partial charge in [-0.1, -0.05) is 12.1 Å². The summed E-state index contributed by atoms with van der Waals surface area (Å²) in [5.74, 6) is 0.0826. The van der Waals surface area contributed by atoms with Crippen LogP contribution >= 0.6 is 0 Å². The number of hydrogen-bond acceptors (Lipinski definition) is 4. The highest BCUT2D eigenvalue weighted by atomic mass is 16.7. The first kappa shape index (κ1) is 20.9. The zero-order valence-electron chi connectivity index (χ0n) is 18.3. The van der Waals surface area contributed by atoms with Crippen LogP contribution in [-0.4, -0.2) is 41.5 Å². The lowest BCUT2D eigenvalue weighted by Gasteiger charge is -2.32. The topological polar surface area (TPSA) is 80.4 Å². The van der Waals surface area contributed by atoms with E-state index in [1.54, 1.807) is 0 Å². The largest absolute Gasteiger partial charge is 0.492 e. The maximum absolute atomic E-state index is 12.2. The molecule has 0 saturated carbocycles. The third-order valence-corrected chi connectivity index (χ3v) is 6.49. The van der Waals surface area contributed by atoms with Gasteiger partial charge in [-0.2, -0.15) is 0 Å². The fraction of sp³-hybridized carbons (Fsp3) is 0.478. The van der Waals surface area contributed by atoms with Crippen molar-refractivity contribution in [2.45, 2.75) is 65.1 Å². The number of carbonyl (C=O) groups is 2. The van der Waals surface area contributed by atoms with Crippen LogP contribution in [0.1, 0.15) is 69.1 Å². The number of Topliss-reactive ketones (excluding diaryl/α,β-unsaturated/α-hetero) is 1. The highest BCUT2D eigenvalue weighted by molar-refractivity contribution is 6.56. The van der Waals surface area contributed by atoms with Crippen molar-refractivity contribution < 1.29 is 18.9 Å². The van der Waals surface area contributed by atoms with Crippen LogP contribution in [0.5, 0.6) is 0 Å². The second-order valence-corrected chi connectivity index (χ2v) is 9.28. The van der Waals surface area contributed by atoms with Crippen LogP contribution < -0.4 is 5.32 Å². The monoisotopic (exact) mass is 408 g/mol. The maximum atomic E-state index is 12.2. The van der Waals surface area contributed by atoms with E-state index >= 15 is 0 Å². The van der Waals surface area contributed by atoms with Gasteiger partial charge >= 0.3 is 7.12 Å². The molecular formula is C23H29BN2O4. The number of aryl methyl sites for hydroxylation is 1. The molecule has 1 aromatic carbocycles. The molecule has 1 aliphatic carbocycles. The lowest BCUT2D eigenvalue weighted by atomic mass is 9.77. The van der Waals surface area contributed by atoms with E-state index in [0.717, 1.165) is 46.0 Å². The van der Waals surface area contributed by atoms with E-state index in [1.807, 2.05) is 45.9 Å². The smallest absolute Gasteiger partial charge is 0.400 e. The molecule has 4 rings (SSSR count). The van der Waals surface area contributed by atoms with E-state index in [2.05, 4.69) is 16.4 Å². The fourth-order valence-corrected chi connectivity index (χ4v) is 4.04. The molecule has 6 nitrogen and oxygen atoms in total. The average molecular weight is 408 g/mol. The molecule has 0 bridgehead atoms. The number of nitrogens with one attached hydrogen (secondary N) is 2. The minimum atomic E-state index is -0.542. The second kappa shape index (κ2) is 7.39. The third-order valence-electron chi connectivity index (χ3n) is 6.49. The minimum absolute atomic E-state index is 0.105. The Morgan fingerprint density at radius 1 is 1.20 bits per heavy atom. The first-order valence-corrected chi connectivity index (χ1v) is 10.6. The Labute approximate surface area is 177 Å². The Morgan fingerprint density at radius 3 is 2.57 bits per heavy atom. The molecule has 1 fully saturated rings. The lowest BCUT2D eigenvalue weighted by molar-refractivity contribution is -0.118. The summed E-state index contributed by atoms with van der Waals surface area (Å²) in [7, 11) is -0.542. The zero-order valence-corrected chi connectivity index (χ0v) is 18.3. The van der Waals surface area contributed by atoms with Crippen molar-refractivity contribution in [2.75, 3.05) is 6.54 Å². The summed E-state index contributed by atoms with van der Waals surface area (Å²) >= 11 is 0. The van der Waals surface area contributed by atoms with Crippen LogP contribution in [0.4, 0.5) is 0 Å². The van der Waals surface area contributed by atoms with E-state index < -0.39 is 18.3 Å². The molecule has 1 saturated heterocycles. The average Bonchev–Trinajstić information content (AvgIpc) is 3.13. The molecule has 2 heterocycles. The van der Waals surface area contributed by atoms with E-state index in [1.165, 1.54) is 6.92 Å². The number of rotatable bonds is 4. The van der Waals surface area contributed by atoms with Gasteiger partial charge in [-0.3, -0.25) is 9.59 Å². The van der Waals surface area contributed by atoms with Gasteiger partial charge in [0.25, 0.3) is 0 Å². The van der Waals surface area contributed by atoms with Gasteiger partial charge in [-0.15, -0.1) is 0 Å². The molecule has 2 N–H and O–H groups in total. The van der Waals surface area contributed by atoms with Crippen molar-refractivity contribution in [1.82, 2.24) is 10.3 Å². The van der Waals surface area contributed by atoms with E-state index in [0.29, 0.717) is 13.0 Å². The Hall–Kier alpha value is -2.38. The van der Waals surface area contributed by atoms with Crippen LogP contribution in [0.25, 0.3) is 17.0 Å². The van der Waals surface area contributed by atoms with Crippen LogP contribution in [0.15, 0.2) is 23.7 Å². The van der Waals surface area contributed by atoms with Crippen LogP contribution in [0.3, 0.4) is 0 Å². The predicted molar refractivity (Wildman–Crippen MR) is 118 cm³/mol. The molecule has 0 spiro atoms. The lowest BCUT2D eigenvalue weighted by Crippen LogP contribution is -2.41. The first-order valence-electron chi connectivity index (χ1n) is 10.6. The summed E-state index contributed by atoms with van der Waals surface area (Å²) in [6.07, 6.45) is 4.42. The van der Waals surface area contributed by atoms with Gasteiger partial charge in [-0.05, 0) is 69.3 Å². The number of carbonyl (C=O) groups excluding carboxylic acids is 2. The SMILES string of the molecule is CC(=O)NCC(=Cc1ccc2[nH]c3c(c2c1)CCCC3=O)B1OC(C)(C)C(C)(C)O1. The number of hydrogen-bond donors (Lipinski definition) is 2. The Kier molecular flexibility index (Phi) is 5.15. The molecule has 0 atom stereocenters. The highest BCUT2D eigenvalue weighted by Gasteiger charge is 2.52. The van der Waals surface area contributed by atoms with Gasteiger partial charge in [0.2, 0.25) is 5.91 Å². The van der Waals surface area contributed by atoms with Crippen LogP contribution in [0.2, 0.25) is 0 Å². The molecule has 0 unspecified atom stereocenters. The molecule has 1 amide bonds. The van der Waals surface area contributed by atoms with E-state index in [-0.39, 0.29) is 11.7 Å². The summed E-state index contributed by atoms with van der Waals surface area (Å²) in [6.45, 7) is 9.89.